The minimum absolute atomic E-state index is 0.688. The summed E-state index contributed by atoms with van der Waals surface area (Å²) in [5.41, 5.74) is -4.76. The van der Waals surface area contributed by atoms with E-state index in [0.717, 1.165) is 13.8 Å². The maximum atomic E-state index is 14.0. The van der Waals surface area contributed by atoms with E-state index in [1.54, 1.807) is 0 Å². The van der Waals surface area contributed by atoms with Crippen molar-refractivity contribution < 1.29 is 26.3 Å². The van der Waals surface area contributed by atoms with Crippen LogP contribution in [0.25, 0.3) is 22.1 Å². The fourth-order valence-electron chi connectivity index (χ4n) is 2.13. The third-order valence-electron chi connectivity index (χ3n) is 3.43. The Hall–Kier alpha value is -2.38. The molecule has 0 atom stereocenters. The minimum atomic E-state index is -1.54. The van der Waals surface area contributed by atoms with Crippen molar-refractivity contribution in [2.75, 3.05) is 0 Å². The highest BCUT2D eigenvalue weighted by Crippen LogP contribution is 2.30. The normalized spacial score (nSPS) is 11.6. The van der Waals surface area contributed by atoms with E-state index in [-0.39, 0.29) is 0 Å². The molecule has 8 heteroatoms. The molecular weight excluding hydrogens is 310 g/mol. The lowest BCUT2D eigenvalue weighted by Crippen LogP contribution is -2.05. The lowest BCUT2D eigenvalue weighted by atomic mass is 10.1. The van der Waals surface area contributed by atoms with Crippen LogP contribution in [0.1, 0.15) is 11.1 Å². The summed E-state index contributed by atoms with van der Waals surface area (Å²) < 4.78 is 82.7. The molecule has 0 unspecified atom stereocenters. The molecule has 3 rings (SSSR count). The third-order valence-corrected chi connectivity index (χ3v) is 3.43. The van der Waals surface area contributed by atoms with Crippen LogP contribution in [0, 0.1) is 48.8 Å². The molecule has 3 aromatic rings. The van der Waals surface area contributed by atoms with Crippen molar-refractivity contribution in [1.29, 1.82) is 0 Å². The van der Waals surface area contributed by atoms with E-state index in [9.17, 15) is 26.3 Å². The van der Waals surface area contributed by atoms with E-state index in [0.29, 0.717) is 0 Å². The van der Waals surface area contributed by atoms with Gasteiger partial charge in [0.15, 0.2) is 34.9 Å². The highest BCUT2D eigenvalue weighted by atomic mass is 19.2. The standard InChI is InChI=1S/C14H6F6N2/c1-3-5(15)9(19)13-11(7(3)17)21-14-10(20)6(16)4(2)8(18)12(14)22-13/h1-2H3. The van der Waals surface area contributed by atoms with Gasteiger partial charge in [0.25, 0.3) is 0 Å². The molecule has 0 fully saturated rings. The highest BCUT2D eigenvalue weighted by molar-refractivity contribution is 5.88. The van der Waals surface area contributed by atoms with Crippen molar-refractivity contribution in [1.82, 2.24) is 9.97 Å². The first kappa shape index (κ1) is 14.6. The van der Waals surface area contributed by atoms with Gasteiger partial charge in [-0.3, -0.25) is 0 Å². The van der Waals surface area contributed by atoms with Crippen LogP contribution in [0.5, 0.6) is 0 Å². The van der Waals surface area contributed by atoms with E-state index >= 15 is 0 Å². The highest BCUT2D eigenvalue weighted by Gasteiger charge is 2.25. The second-order valence-corrected chi connectivity index (χ2v) is 4.75. The summed E-state index contributed by atoms with van der Waals surface area (Å²) in [6.07, 6.45) is 0. The van der Waals surface area contributed by atoms with Crippen molar-refractivity contribution in [2.24, 2.45) is 0 Å². The fraction of sp³-hybridized carbons (Fsp3) is 0.143. The Morgan fingerprint density at radius 3 is 1.05 bits per heavy atom. The molecule has 0 aliphatic carbocycles. The molecule has 1 heterocycles. The lowest BCUT2D eigenvalue weighted by molar-refractivity contribution is 0.490. The van der Waals surface area contributed by atoms with Gasteiger partial charge in [0.05, 0.1) is 0 Å². The molecule has 0 amide bonds. The maximum absolute atomic E-state index is 14.0. The third kappa shape index (κ3) is 1.69. The monoisotopic (exact) mass is 316 g/mol. The Bertz CT molecular complexity index is 815. The number of rotatable bonds is 0. The van der Waals surface area contributed by atoms with Crippen LogP contribution < -0.4 is 0 Å². The van der Waals surface area contributed by atoms with E-state index in [2.05, 4.69) is 9.97 Å². The number of aromatic nitrogens is 2. The molecule has 0 saturated heterocycles. The van der Waals surface area contributed by atoms with E-state index < -0.39 is 68.1 Å². The molecule has 1 aromatic heterocycles. The van der Waals surface area contributed by atoms with Crippen molar-refractivity contribution in [3.63, 3.8) is 0 Å². The lowest BCUT2D eigenvalue weighted by Gasteiger charge is -2.09. The predicted molar refractivity (Wildman–Crippen MR) is 66.3 cm³/mol. The number of halogens is 6. The molecular formula is C14H6F6N2. The fourth-order valence-corrected chi connectivity index (χ4v) is 2.13. The smallest absolute Gasteiger partial charge is 0.187 e. The van der Waals surface area contributed by atoms with Gasteiger partial charge in [0, 0.05) is 11.1 Å². The number of nitrogens with zero attached hydrogens (tertiary/aromatic N) is 2. The van der Waals surface area contributed by atoms with Crippen LogP contribution in [0.15, 0.2) is 0 Å². The number of benzene rings is 2. The first-order chi connectivity index (χ1) is 10.3. The quantitative estimate of drug-likeness (QED) is 0.352. The zero-order chi connectivity index (χ0) is 16.3. The summed E-state index contributed by atoms with van der Waals surface area (Å²) in [7, 11) is 0. The molecule has 22 heavy (non-hydrogen) atoms. The molecule has 0 aliphatic rings. The first-order valence-corrected chi connectivity index (χ1v) is 6.03. The molecule has 0 spiro atoms. The predicted octanol–water partition coefficient (Wildman–Crippen LogP) is 4.23. The van der Waals surface area contributed by atoms with Crippen LogP contribution in [-0.4, -0.2) is 9.97 Å². The van der Waals surface area contributed by atoms with E-state index in [1.807, 2.05) is 0 Å². The molecule has 0 bridgehead atoms. The van der Waals surface area contributed by atoms with Gasteiger partial charge in [-0.15, -0.1) is 0 Å². The van der Waals surface area contributed by atoms with Crippen molar-refractivity contribution in [3.8, 4) is 0 Å². The molecule has 0 N–H and O–H groups in total. The molecule has 2 aromatic carbocycles. The molecule has 114 valence electrons. The number of hydrogen-bond acceptors (Lipinski definition) is 2. The summed E-state index contributed by atoms with van der Waals surface area (Å²) in [4.78, 5) is 6.81. The Labute approximate surface area is 119 Å². The van der Waals surface area contributed by atoms with Crippen LogP contribution in [0.4, 0.5) is 26.3 Å². The zero-order valence-corrected chi connectivity index (χ0v) is 11.2. The average molecular weight is 316 g/mol. The number of hydrogen-bond donors (Lipinski definition) is 0. The maximum Gasteiger partial charge on any atom is 0.187 e. The van der Waals surface area contributed by atoms with Crippen LogP contribution in [-0.2, 0) is 0 Å². The van der Waals surface area contributed by atoms with E-state index in [4.69, 9.17) is 0 Å². The van der Waals surface area contributed by atoms with Crippen LogP contribution in [0.3, 0.4) is 0 Å². The molecule has 0 saturated carbocycles. The summed E-state index contributed by atoms with van der Waals surface area (Å²) in [5, 5.41) is 0. The SMILES string of the molecule is Cc1c(F)c(F)c2nc3c(F)c(C)c(F)c(F)c3nc2c1F. The largest absolute Gasteiger partial charge is 0.238 e. The van der Waals surface area contributed by atoms with Gasteiger partial charge < -0.3 is 0 Å². The van der Waals surface area contributed by atoms with Crippen molar-refractivity contribution in [3.05, 3.63) is 46.0 Å². The van der Waals surface area contributed by atoms with Crippen LogP contribution >= 0.6 is 0 Å². The Morgan fingerprint density at radius 2 is 0.727 bits per heavy atom. The second-order valence-electron chi connectivity index (χ2n) is 4.75. The topological polar surface area (TPSA) is 25.8 Å². The Balaban J connectivity index is 2.64. The summed E-state index contributed by atoms with van der Waals surface area (Å²) >= 11 is 0. The Kier molecular flexibility index (Phi) is 3.01. The first-order valence-electron chi connectivity index (χ1n) is 6.03. The Morgan fingerprint density at radius 1 is 0.455 bits per heavy atom. The van der Waals surface area contributed by atoms with Gasteiger partial charge in [0.1, 0.15) is 22.1 Å². The average Bonchev–Trinajstić information content (AvgIpc) is 2.52. The molecule has 0 aliphatic heterocycles. The summed E-state index contributed by atoms with van der Waals surface area (Å²) in [5.74, 6) is -8.62. The van der Waals surface area contributed by atoms with Gasteiger partial charge in [-0.05, 0) is 13.8 Å². The zero-order valence-electron chi connectivity index (χ0n) is 11.2. The van der Waals surface area contributed by atoms with Gasteiger partial charge in [-0.2, -0.15) is 0 Å². The van der Waals surface area contributed by atoms with Gasteiger partial charge >= 0.3 is 0 Å². The summed E-state index contributed by atoms with van der Waals surface area (Å²) in [6.45, 7) is 1.90. The second kappa shape index (κ2) is 4.56. The number of fused-ring (bicyclic) bond motifs is 2. The van der Waals surface area contributed by atoms with Crippen LogP contribution in [0.2, 0.25) is 0 Å². The van der Waals surface area contributed by atoms with Crippen molar-refractivity contribution in [2.45, 2.75) is 13.8 Å². The molecule has 2 nitrogen and oxygen atoms in total. The van der Waals surface area contributed by atoms with E-state index in [1.165, 1.54) is 0 Å². The summed E-state index contributed by atoms with van der Waals surface area (Å²) in [6, 6.07) is 0. The van der Waals surface area contributed by atoms with Gasteiger partial charge in [0.2, 0.25) is 0 Å². The van der Waals surface area contributed by atoms with Gasteiger partial charge in [-0.1, -0.05) is 0 Å². The van der Waals surface area contributed by atoms with Crippen molar-refractivity contribution >= 4 is 22.1 Å². The minimum Gasteiger partial charge on any atom is -0.238 e. The van der Waals surface area contributed by atoms with Gasteiger partial charge in [-0.25, -0.2) is 36.3 Å². The molecule has 0 radical (unpaired) electrons.